The first-order valence-corrected chi connectivity index (χ1v) is 4.34. The Bertz CT molecular complexity index is 152. The largest absolute Gasteiger partial charge is 0.337 e. The molecule has 0 aromatic heterocycles. The van der Waals surface area contributed by atoms with Crippen LogP contribution >= 0.6 is 0 Å². The predicted molar refractivity (Wildman–Crippen MR) is 46.8 cm³/mol. The lowest BCUT2D eigenvalue weighted by molar-refractivity contribution is -0.129. The van der Waals surface area contributed by atoms with Crippen LogP contribution < -0.4 is 5.32 Å². The van der Waals surface area contributed by atoms with Crippen LogP contribution in [0.3, 0.4) is 0 Å². The second kappa shape index (κ2) is 5.57. The molecule has 0 aliphatic carbocycles. The summed E-state index contributed by atoms with van der Waals surface area (Å²) in [4.78, 5) is 22.9. The minimum absolute atomic E-state index is 0.0775. The van der Waals surface area contributed by atoms with Gasteiger partial charge in [0.1, 0.15) is 0 Å². The van der Waals surface area contributed by atoms with E-state index in [2.05, 4.69) is 5.32 Å². The molecule has 0 saturated carbocycles. The molecule has 1 fully saturated rings. The zero-order valence-electron chi connectivity index (χ0n) is 7.89. The number of nitrogens with one attached hydrogen (secondary N) is 1. The molecule has 0 spiro atoms. The van der Waals surface area contributed by atoms with Crippen LogP contribution in [0.2, 0.25) is 0 Å². The maximum Gasteiger partial charge on any atom is 0.324 e. The molecule has 1 saturated heterocycles. The van der Waals surface area contributed by atoms with Crippen molar-refractivity contribution in [3.63, 3.8) is 0 Å². The van der Waals surface area contributed by atoms with Gasteiger partial charge >= 0.3 is 6.03 Å². The van der Waals surface area contributed by atoms with E-state index in [0.29, 0.717) is 19.5 Å². The van der Waals surface area contributed by atoms with Gasteiger partial charge in [-0.05, 0) is 6.92 Å². The van der Waals surface area contributed by atoms with E-state index in [1.165, 1.54) is 4.90 Å². The van der Waals surface area contributed by atoms with E-state index in [9.17, 15) is 9.59 Å². The van der Waals surface area contributed by atoms with Gasteiger partial charge in [0.2, 0.25) is 5.91 Å². The van der Waals surface area contributed by atoms with Crippen LogP contribution in [0.1, 0.15) is 27.2 Å². The fourth-order valence-corrected chi connectivity index (χ4v) is 0.940. The molecule has 0 aromatic rings. The Morgan fingerprint density at radius 2 is 2.00 bits per heavy atom. The van der Waals surface area contributed by atoms with Gasteiger partial charge in [0, 0.05) is 19.5 Å². The number of amides is 3. The van der Waals surface area contributed by atoms with Gasteiger partial charge in [-0.3, -0.25) is 9.69 Å². The highest BCUT2D eigenvalue weighted by Crippen LogP contribution is 1.99. The van der Waals surface area contributed by atoms with Crippen molar-refractivity contribution in [2.75, 3.05) is 13.1 Å². The van der Waals surface area contributed by atoms with E-state index in [-0.39, 0.29) is 11.9 Å². The quantitative estimate of drug-likeness (QED) is 0.640. The minimum Gasteiger partial charge on any atom is -0.337 e. The average Bonchev–Trinajstić information content (AvgIpc) is 2.08. The van der Waals surface area contributed by atoms with Gasteiger partial charge in [0.05, 0.1) is 0 Å². The van der Waals surface area contributed by atoms with Crippen LogP contribution in [0, 0.1) is 0 Å². The fraction of sp³-hybridized carbons (Fsp3) is 0.750. The third-order valence-corrected chi connectivity index (χ3v) is 1.48. The highest BCUT2D eigenvalue weighted by Gasteiger charge is 2.22. The molecule has 12 heavy (non-hydrogen) atoms. The van der Waals surface area contributed by atoms with Crippen molar-refractivity contribution >= 4 is 11.9 Å². The van der Waals surface area contributed by atoms with Crippen molar-refractivity contribution in [3.05, 3.63) is 0 Å². The predicted octanol–water partition coefficient (Wildman–Crippen LogP) is 0.974. The summed E-state index contributed by atoms with van der Waals surface area (Å²) in [5.41, 5.74) is 0. The average molecular weight is 172 g/mol. The van der Waals surface area contributed by atoms with E-state index in [0.717, 1.165) is 0 Å². The Morgan fingerprint density at radius 1 is 1.42 bits per heavy atom. The van der Waals surface area contributed by atoms with Gasteiger partial charge in [-0.1, -0.05) is 13.8 Å². The fourth-order valence-electron chi connectivity index (χ4n) is 0.940. The monoisotopic (exact) mass is 172 g/mol. The van der Waals surface area contributed by atoms with Crippen molar-refractivity contribution in [2.45, 2.75) is 27.2 Å². The molecule has 3 amide bonds. The van der Waals surface area contributed by atoms with E-state index in [4.69, 9.17) is 0 Å². The van der Waals surface area contributed by atoms with Crippen molar-refractivity contribution in [1.82, 2.24) is 10.2 Å². The zero-order valence-corrected chi connectivity index (χ0v) is 7.89. The summed E-state index contributed by atoms with van der Waals surface area (Å²) in [5, 5.41) is 2.58. The number of hydrogen-bond acceptors (Lipinski definition) is 2. The number of nitrogens with zero attached hydrogens (tertiary/aromatic N) is 1. The number of imide groups is 1. The van der Waals surface area contributed by atoms with Gasteiger partial charge in [-0.2, -0.15) is 0 Å². The van der Waals surface area contributed by atoms with Crippen molar-refractivity contribution < 1.29 is 9.59 Å². The summed E-state index contributed by atoms with van der Waals surface area (Å²) in [6.45, 7) is 6.72. The Balaban J connectivity index is 0.000000561. The van der Waals surface area contributed by atoms with Crippen LogP contribution in [-0.2, 0) is 4.79 Å². The van der Waals surface area contributed by atoms with Gasteiger partial charge in [-0.25, -0.2) is 4.79 Å². The molecule has 0 bridgehead atoms. The molecule has 0 radical (unpaired) electrons. The molecule has 4 heteroatoms. The molecule has 1 aliphatic heterocycles. The number of carbonyl (C=O) groups excluding carboxylic acids is 2. The summed E-state index contributed by atoms with van der Waals surface area (Å²) in [7, 11) is 0. The highest BCUT2D eigenvalue weighted by molar-refractivity contribution is 5.96. The molecule has 0 aromatic carbocycles. The van der Waals surface area contributed by atoms with Crippen molar-refractivity contribution in [3.8, 4) is 0 Å². The van der Waals surface area contributed by atoms with Crippen molar-refractivity contribution in [1.29, 1.82) is 0 Å². The molecule has 4 nitrogen and oxygen atoms in total. The lowest BCUT2D eigenvalue weighted by Crippen LogP contribution is -2.49. The number of urea groups is 1. The van der Waals surface area contributed by atoms with Crippen LogP contribution in [-0.4, -0.2) is 29.9 Å². The molecular formula is C8H16N2O2. The Morgan fingerprint density at radius 3 is 2.33 bits per heavy atom. The first-order valence-electron chi connectivity index (χ1n) is 4.34. The van der Waals surface area contributed by atoms with Gasteiger partial charge in [-0.15, -0.1) is 0 Å². The van der Waals surface area contributed by atoms with E-state index < -0.39 is 0 Å². The minimum atomic E-state index is -0.265. The summed E-state index contributed by atoms with van der Waals surface area (Å²) >= 11 is 0. The van der Waals surface area contributed by atoms with Gasteiger partial charge < -0.3 is 5.32 Å². The third kappa shape index (κ3) is 2.53. The van der Waals surface area contributed by atoms with Crippen LogP contribution in [0.15, 0.2) is 0 Å². The van der Waals surface area contributed by atoms with Crippen molar-refractivity contribution in [2.24, 2.45) is 0 Å². The van der Waals surface area contributed by atoms with E-state index in [1.54, 1.807) is 6.92 Å². The standard InChI is InChI=1S/C6H10N2O2.C2H6/c1-2-8-5(9)3-4-7-6(8)10;1-2/h2-4H2,1H3,(H,7,10);1-2H3. The topological polar surface area (TPSA) is 49.4 Å². The Kier molecular flexibility index (Phi) is 5.08. The highest BCUT2D eigenvalue weighted by atomic mass is 16.2. The smallest absolute Gasteiger partial charge is 0.324 e. The van der Waals surface area contributed by atoms with Crippen LogP contribution in [0.4, 0.5) is 4.79 Å². The molecule has 70 valence electrons. The third-order valence-electron chi connectivity index (χ3n) is 1.48. The van der Waals surface area contributed by atoms with Gasteiger partial charge in [0.25, 0.3) is 0 Å². The molecule has 1 heterocycles. The summed E-state index contributed by atoms with van der Waals surface area (Å²) in [6.07, 6.45) is 0.430. The normalized spacial score (nSPS) is 16.4. The molecular weight excluding hydrogens is 156 g/mol. The second-order valence-corrected chi connectivity index (χ2v) is 2.12. The number of carbonyl (C=O) groups is 2. The number of rotatable bonds is 1. The van der Waals surface area contributed by atoms with E-state index >= 15 is 0 Å². The van der Waals surface area contributed by atoms with Gasteiger partial charge in [0.15, 0.2) is 0 Å². The molecule has 0 atom stereocenters. The maximum absolute atomic E-state index is 10.9. The maximum atomic E-state index is 10.9. The molecule has 0 unspecified atom stereocenters. The second-order valence-electron chi connectivity index (χ2n) is 2.12. The molecule has 1 rings (SSSR count). The Hall–Kier alpha value is -1.06. The van der Waals surface area contributed by atoms with Crippen LogP contribution in [0.25, 0.3) is 0 Å². The summed E-state index contributed by atoms with van der Waals surface area (Å²) in [6, 6.07) is -0.265. The number of hydrogen-bond donors (Lipinski definition) is 1. The summed E-state index contributed by atoms with van der Waals surface area (Å²) < 4.78 is 0. The zero-order chi connectivity index (χ0) is 9.56. The first kappa shape index (κ1) is 10.9. The van der Waals surface area contributed by atoms with E-state index in [1.807, 2.05) is 13.8 Å². The first-order chi connectivity index (χ1) is 5.75. The lowest BCUT2D eigenvalue weighted by atomic mass is 10.3. The molecule has 1 N–H and O–H groups in total. The Labute approximate surface area is 72.9 Å². The SMILES string of the molecule is CC.CCN1C(=O)CCNC1=O. The summed E-state index contributed by atoms with van der Waals surface area (Å²) in [5.74, 6) is -0.0775. The van der Waals surface area contributed by atoms with Crippen LogP contribution in [0.5, 0.6) is 0 Å². The lowest BCUT2D eigenvalue weighted by Gasteiger charge is -2.23. The molecule has 1 aliphatic rings.